The Morgan fingerprint density at radius 2 is 1.88 bits per heavy atom. The summed E-state index contributed by atoms with van der Waals surface area (Å²) < 4.78 is 8.07. The van der Waals surface area contributed by atoms with Crippen LogP contribution in [0.25, 0.3) is 22.3 Å². The van der Waals surface area contributed by atoms with E-state index < -0.39 is 0 Å². The van der Waals surface area contributed by atoms with Crippen LogP contribution in [-0.4, -0.2) is 15.9 Å². The van der Waals surface area contributed by atoms with E-state index in [1.165, 1.54) is 10.9 Å². The normalized spacial score (nSPS) is 11.5. The molecule has 4 rings (SSSR count). The average molecular weight is 473 g/mol. The van der Waals surface area contributed by atoms with Crippen molar-refractivity contribution < 1.29 is 4.42 Å². The van der Waals surface area contributed by atoms with Gasteiger partial charge in [0.1, 0.15) is 5.76 Å². The van der Waals surface area contributed by atoms with Gasteiger partial charge >= 0.3 is 0 Å². The first-order valence-corrected chi connectivity index (χ1v) is 9.27. The number of aromatic nitrogens is 2. The van der Waals surface area contributed by atoms with Gasteiger partial charge in [0.15, 0.2) is 5.82 Å². The fourth-order valence-electron chi connectivity index (χ4n) is 2.57. The van der Waals surface area contributed by atoms with E-state index in [1.807, 2.05) is 36.4 Å². The molecular weight excluding hydrogens is 462 g/mol. The molecule has 2 aromatic heterocycles. The van der Waals surface area contributed by atoms with E-state index in [9.17, 15) is 4.79 Å². The Morgan fingerprint density at radius 3 is 2.62 bits per heavy atom. The Balaban J connectivity index is 2.03. The van der Waals surface area contributed by atoms with Crippen molar-refractivity contribution in [1.82, 2.24) is 9.66 Å². The van der Waals surface area contributed by atoms with Crippen LogP contribution in [0.5, 0.6) is 0 Å². The smallest absolute Gasteiger partial charge is 0.282 e. The molecular formula is C19H11Br2N3O2. The summed E-state index contributed by atoms with van der Waals surface area (Å²) in [5.41, 5.74) is 1.11. The summed E-state index contributed by atoms with van der Waals surface area (Å²) in [4.78, 5) is 17.8. The molecule has 128 valence electrons. The fraction of sp³-hybridized carbons (Fsp3) is 0. The number of fused-ring (bicyclic) bond motifs is 1. The second kappa shape index (κ2) is 7.01. The monoisotopic (exact) mass is 471 g/mol. The Kier molecular flexibility index (Phi) is 4.57. The Morgan fingerprint density at radius 1 is 1.08 bits per heavy atom. The summed E-state index contributed by atoms with van der Waals surface area (Å²) in [5, 5.41) is 4.79. The minimum atomic E-state index is -0.265. The van der Waals surface area contributed by atoms with E-state index in [1.54, 1.807) is 24.5 Å². The van der Waals surface area contributed by atoms with E-state index >= 15 is 0 Å². The third kappa shape index (κ3) is 3.15. The van der Waals surface area contributed by atoms with Crippen molar-refractivity contribution in [2.24, 2.45) is 5.10 Å². The largest absolute Gasteiger partial charge is 0.463 e. The molecule has 0 spiro atoms. The van der Waals surface area contributed by atoms with E-state index in [4.69, 9.17) is 9.40 Å². The topological polar surface area (TPSA) is 60.4 Å². The first-order valence-electron chi connectivity index (χ1n) is 7.68. The molecule has 0 radical (unpaired) electrons. The lowest BCUT2D eigenvalue weighted by Gasteiger charge is -2.10. The van der Waals surface area contributed by atoms with Crippen LogP contribution in [0.4, 0.5) is 0 Å². The fourth-order valence-corrected chi connectivity index (χ4v) is 3.88. The molecule has 5 nitrogen and oxygen atoms in total. The summed E-state index contributed by atoms with van der Waals surface area (Å²) in [6.45, 7) is 0. The van der Waals surface area contributed by atoms with E-state index in [0.29, 0.717) is 22.5 Å². The third-order valence-electron chi connectivity index (χ3n) is 3.74. The van der Waals surface area contributed by atoms with Gasteiger partial charge in [-0.15, -0.1) is 0 Å². The van der Waals surface area contributed by atoms with Gasteiger partial charge in [0.2, 0.25) is 0 Å². The summed E-state index contributed by atoms with van der Waals surface area (Å²) in [7, 11) is 0. The van der Waals surface area contributed by atoms with E-state index in [2.05, 4.69) is 37.0 Å². The average Bonchev–Trinajstić information content (AvgIpc) is 3.15. The van der Waals surface area contributed by atoms with Gasteiger partial charge in [0, 0.05) is 14.5 Å². The van der Waals surface area contributed by atoms with Crippen LogP contribution in [0.1, 0.15) is 5.76 Å². The quantitative estimate of drug-likeness (QED) is 0.391. The van der Waals surface area contributed by atoms with Crippen molar-refractivity contribution in [2.45, 2.75) is 0 Å². The molecule has 0 saturated carbocycles. The van der Waals surface area contributed by atoms with Crippen LogP contribution < -0.4 is 5.56 Å². The molecule has 0 atom stereocenters. The lowest BCUT2D eigenvalue weighted by molar-refractivity contribution is 0.559. The summed E-state index contributed by atoms with van der Waals surface area (Å²) in [6.07, 6.45) is 3.05. The number of benzene rings is 2. The van der Waals surface area contributed by atoms with Gasteiger partial charge in [-0.3, -0.25) is 4.79 Å². The highest BCUT2D eigenvalue weighted by atomic mass is 79.9. The molecule has 26 heavy (non-hydrogen) atoms. The van der Waals surface area contributed by atoms with Crippen molar-refractivity contribution in [3.63, 3.8) is 0 Å². The molecule has 0 N–H and O–H groups in total. The zero-order valence-corrected chi connectivity index (χ0v) is 16.4. The lowest BCUT2D eigenvalue weighted by Crippen LogP contribution is -2.20. The van der Waals surface area contributed by atoms with Gasteiger partial charge in [0.25, 0.3) is 5.56 Å². The van der Waals surface area contributed by atoms with Crippen molar-refractivity contribution in [3.05, 3.63) is 85.9 Å². The molecule has 2 aromatic carbocycles. The van der Waals surface area contributed by atoms with Gasteiger partial charge in [0.05, 0.1) is 23.4 Å². The molecule has 0 aliphatic heterocycles. The molecule has 0 bridgehead atoms. The zero-order valence-electron chi connectivity index (χ0n) is 13.3. The van der Waals surface area contributed by atoms with E-state index in [-0.39, 0.29) is 5.56 Å². The Labute approximate surface area is 165 Å². The highest BCUT2D eigenvalue weighted by molar-refractivity contribution is 9.11. The van der Waals surface area contributed by atoms with Crippen molar-refractivity contribution in [3.8, 4) is 11.4 Å². The highest BCUT2D eigenvalue weighted by Gasteiger charge is 2.15. The summed E-state index contributed by atoms with van der Waals surface area (Å²) in [5.74, 6) is 1.00. The summed E-state index contributed by atoms with van der Waals surface area (Å²) >= 11 is 6.91. The highest BCUT2D eigenvalue weighted by Crippen LogP contribution is 2.27. The van der Waals surface area contributed by atoms with Crippen LogP contribution in [-0.2, 0) is 0 Å². The predicted octanol–water partition coefficient (Wildman–Crippen LogP) is 5.06. The molecule has 0 amide bonds. The van der Waals surface area contributed by atoms with Gasteiger partial charge in [-0.2, -0.15) is 9.78 Å². The predicted molar refractivity (Wildman–Crippen MR) is 109 cm³/mol. The number of halogens is 2. The van der Waals surface area contributed by atoms with Crippen molar-refractivity contribution in [2.75, 3.05) is 0 Å². The maximum atomic E-state index is 13.1. The second-order valence-electron chi connectivity index (χ2n) is 5.46. The Hall–Kier alpha value is -2.51. The van der Waals surface area contributed by atoms with Crippen molar-refractivity contribution >= 4 is 49.0 Å². The van der Waals surface area contributed by atoms with Crippen LogP contribution in [0.2, 0.25) is 0 Å². The molecule has 2 heterocycles. The maximum Gasteiger partial charge on any atom is 0.282 e. The second-order valence-corrected chi connectivity index (χ2v) is 7.23. The minimum Gasteiger partial charge on any atom is -0.463 e. The Bertz CT molecular complexity index is 1170. The molecule has 0 fully saturated rings. The van der Waals surface area contributed by atoms with Crippen LogP contribution in [0, 0.1) is 0 Å². The van der Waals surface area contributed by atoms with Crippen LogP contribution >= 0.6 is 31.9 Å². The maximum absolute atomic E-state index is 13.1. The zero-order chi connectivity index (χ0) is 18.1. The van der Waals surface area contributed by atoms with Gasteiger partial charge in [-0.25, -0.2) is 4.98 Å². The molecule has 0 saturated heterocycles. The minimum absolute atomic E-state index is 0.265. The summed E-state index contributed by atoms with van der Waals surface area (Å²) in [6, 6.07) is 16.6. The van der Waals surface area contributed by atoms with Crippen LogP contribution in [0.3, 0.4) is 0 Å². The van der Waals surface area contributed by atoms with Crippen LogP contribution in [0.15, 0.2) is 84.1 Å². The molecule has 0 aliphatic carbocycles. The van der Waals surface area contributed by atoms with Gasteiger partial charge in [-0.05, 0) is 40.2 Å². The molecule has 0 aliphatic rings. The number of rotatable bonds is 3. The SMILES string of the molecule is O=c1c2cc(Br)cc(Br)c2nc(-c2ccccc2)n1/N=C/c1ccco1. The number of nitrogens with zero attached hydrogens (tertiary/aromatic N) is 3. The number of hydrogen-bond acceptors (Lipinski definition) is 4. The first kappa shape index (κ1) is 16.9. The molecule has 7 heteroatoms. The molecule has 0 unspecified atom stereocenters. The first-order chi connectivity index (χ1) is 12.6. The number of hydrogen-bond donors (Lipinski definition) is 0. The van der Waals surface area contributed by atoms with Gasteiger partial charge < -0.3 is 4.42 Å². The van der Waals surface area contributed by atoms with E-state index in [0.717, 1.165) is 14.5 Å². The molecule has 4 aromatic rings. The third-order valence-corrected chi connectivity index (χ3v) is 4.81. The number of furan rings is 1. The van der Waals surface area contributed by atoms with Gasteiger partial charge in [-0.1, -0.05) is 46.3 Å². The standard InChI is InChI=1S/C19H11Br2N3O2/c20-13-9-15-17(16(21)10-13)23-18(12-5-2-1-3-6-12)24(19(15)25)22-11-14-7-4-8-26-14/h1-11H/b22-11+. The lowest BCUT2D eigenvalue weighted by atomic mass is 10.2. The van der Waals surface area contributed by atoms with Crippen molar-refractivity contribution in [1.29, 1.82) is 0 Å².